The zero-order chi connectivity index (χ0) is 21.8. The topological polar surface area (TPSA) is 110 Å². The molecule has 0 spiro atoms. The smallest absolute Gasteiger partial charge is 0.336 e. The molecule has 0 amide bonds. The van der Waals surface area contributed by atoms with E-state index >= 15 is 0 Å². The zero-order valence-electron chi connectivity index (χ0n) is 16.4. The molecule has 7 nitrogen and oxygen atoms in total. The van der Waals surface area contributed by atoms with Gasteiger partial charge in [0, 0.05) is 31.5 Å². The first-order chi connectivity index (χ1) is 14.4. The minimum absolute atomic E-state index is 0.0807. The summed E-state index contributed by atoms with van der Waals surface area (Å²) in [4.78, 5) is 27.1. The van der Waals surface area contributed by atoms with Crippen molar-refractivity contribution in [1.82, 2.24) is 9.47 Å². The number of rotatable bonds is 4. The minimum atomic E-state index is -1.09. The Balaban J connectivity index is 2.49. The molecule has 2 aromatic rings. The highest BCUT2D eigenvalue weighted by atomic mass is 32.2. The Bertz CT molecular complexity index is 1290. The summed E-state index contributed by atoms with van der Waals surface area (Å²) in [6.07, 6.45) is 1.85. The van der Waals surface area contributed by atoms with E-state index in [1.807, 2.05) is 25.1 Å². The molecule has 0 saturated carbocycles. The van der Waals surface area contributed by atoms with Crippen LogP contribution in [0.4, 0.5) is 0 Å². The van der Waals surface area contributed by atoms with Gasteiger partial charge in [0.1, 0.15) is 21.3 Å². The number of carbonyl (C=O) groups is 1. The first kappa shape index (κ1) is 21.4. The maximum atomic E-state index is 13.1. The molecule has 9 heteroatoms. The van der Waals surface area contributed by atoms with Gasteiger partial charge in [0.2, 0.25) is 0 Å². The summed E-state index contributed by atoms with van der Waals surface area (Å²) in [5.74, 6) is -0.190. The van der Waals surface area contributed by atoms with Crippen molar-refractivity contribution in [3.63, 3.8) is 0 Å². The Morgan fingerprint density at radius 1 is 1.27 bits per heavy atom. The predicted molar refractivity (Wildman–Crippen MR) is 117 cm³/mol. The highest BCUT2D eigenvalue weighted by Gasteiger charge is 2.20. The molecule has 0 bridgehead atoms. The molecule has 0 unspecified atom stereocenters. The van der Waals surface area contributed by atoms with E-state index in [0.717, 1.165) is 35.2 Å². The second-order valence-electron chi connectivity index (χ2n) is 6.37. The average molecular weight is 439 g/mol. The van der Waals surface area contributed by atoms with E-state index in [1.54, 1.807) is 30.0 Å². The van der Waals surface area contributed by atoms with E-state index < -0.39 is 5.97 Å². The highest BCUT2D eigenvalue weighted by molar-refractivity contribution is 8.03. The SMILES string of the molecule is CCN1CCSC1=C/C(c1ccccc1C(=O)O)=c1/sc(=C(C#N)C#N)n(C)c1=O. The Morgan fingerprint density at radius 3 is 2.53 bits per heavy atom. The third kappa shape index (κ3) is 3.90. The Morgan fingerprint density at radius 2 is 1.93 bits per heavy atom. The van der Waals surface area contributed by atoms with Crippen molar-refractivity contribution >= 4 is 40.2 Å². The molecule has 0 atom stereocenters. The van der Waals surface area contributed by atoms with E-state index in [1.165, 1.54) is 17.7 Å². The minimum Gasteiger partial charge on any atom is -0.478 e. The van der Waals surface area contributed by atoms with Crippen molar-refractivity contribution in [3.8, 4) is 12.1 Å². The Hall–Kier alpha value is -3.27. The Labute approximate surface area is 181 Å². The summed E-state index contributed by atoms with van der Waals surface area (Å²) < 4.78 is 1.80. The van der Waals surface area contributed by atoms with Gasteiger partial charge in [0.25, 0.3) is 5.56 Å². The molecule has 1 aromatic heterocycles. The summed E-state index contributed by atoms with van der Waals surface area (Å²) >= 11 is 2.67. The molecule has 0 aliphatic carbocycles. The van der Waals surface area contributed by atoms with Gasteiger partial charge >= 0.3 is 5.97 Å². The average Bonchev–Trinajstić information content (AvgIpc) is 3.32. The molecule has 1 aliphatic heterocycles. The number of hydrogen-bond acceptors (Lipinski definition) is 7. The number of allylic oxidation sites excluding steroid dienone is 1. The van der Waals surface area contributed by atoms with E-state index in [0.29, 0.717) is 15.7 Å². The molecule has 1 aliphatic rings. The van der Waals surface area contributed by atoms with Crippen LogP contribution in [0.2, 0.25) is 0 Å². The summed E-state index contributed by atoms with van der Waals surface area (Å²) in [7, 11) is 1.50. The lowest BCUT2D eigenvalue weighted by atomic mass is 9.99. The number of nitrogens with zero attached hydrogens (tertiary/aromatic N) is 4. The van der Waals surface area contributed by atoms with E-state index in [9.17, 15) is 25.2 Å². The molecule has 1 fully saturated rings. The van der Waals surface area contributed by atoms with Gasteiger partial charge in [-0.3, -0.25) is 4.79 Å². The molecule has 2 heterocycles. The fourth-order valence-corrected chi connectivity index (χ4v) is 5.40. The number of nitriles is 2. The van der Waals surface area contributed by atoms with Crippen LogP contribution in [-0.2, 0) is 7.05 Å². The molecule has 152 valence electrons. The fourth-order valence-electron chi connectivity index (χ4n) is 3.17. The molecule has 1 N–H and O–H groups in total. The van der Waals surface area contributed by atoms with Crippen LogP contribution in [0.15, 0.2) is 40.2 Å². The third-order valence-corrected chi connectivity index (χ3v) is 7.03. The number of benzene rings is 1. The summed E-state index contributed by atoms with van der Waals surface area (Å²) in [5.41, 5.74) is 0.438. The van der Waals surface area contributed by atoms with Crippen LogP contribution in [0.3, 0.4) is 0 Å². The number of thioether (sulfide) groups is 1. The van der Waals surface area contributed by atoms with Crippen molar-refractivity contribution in [2.24, 2.45) is 7.05 Å². The van der Waals surface area contributed by atoms with Gasteiger partial charge in [-0.25, -0.2) is 4.79 Å². The largest absolute Gasteiger partial charge is 0.478 e. The lowest BCUT2D eigenvalue weighted by molar-refractivity contribution is 0.0696. The molecule has 0 radical (unpaired) electrons. The number of hydrogen-bond donors (Lipinski definition) is 1. The van der Waals surface area contributed by atoms with E-state index in [-0.39, 0.29) is 21.4 Å². The number of aromatic nitrogens is 1. The maximum Gasteiger partial charge on any atom is 0.336 e. The van der Waals surface area contributed by atoms with Gasteiger partial charge in [-0.15, -0.1) is 23.1 Å². The van der Waals surface area contributed by atoms with Crippen LogP contribution < -0.4 is 14.8 Å². The lowest BCUT2D eigenvalue weighted by Gasteiger charge is -2.17. The first-order valence-electron chi connectivity index (χ1n) is 9.09. The van der Waals surface area contributed by atoms with Gasteiger partial charge in [0.15, 0.2) is 5.57 Å². The van der Waals surface area contributed by atoms with Gasteiger partial charge in [-0.2, -0.15) is 10.5 Å². The maximum absolute atomic E-state index is 13.1. The monoisotopic (exact) mass is 438 g/mol. The Kier molecular flexibility index (Phi) is 6.46. The van der Waals surface area contributed by atoms with Crippen LogP contribution >= 0.6 is 23.1 Å². The van der Waals surface area contributed by atoms with Gasteiger partial charge < -0.3 is 14.6 Å². The zero-order valence-corrected chi connectivity index (χ0v) is 18.0. The quantitative estimate of drug-likeness (QED) is 0.769. The fraction of sp³-hybridized carbons (Fsp3) is 0.238. The summed E-state index contributed by atoms with van der Waals surface area (Å²) in [6, 6.07) is 10.2. The number of carboxylic acid groups (broad SMARTS) is 1. The van der Waals surface area contributed by atoms with Crippen LogP contribution in [0.25, 0.3) is 11.1 Å². The van der Waals surface area contributed by atoms with Crippen LogP contribution in [0.5, 0.6) is 0 Å². The lowest BCUT2D eigenvalue weighted by Crippen LogP contribution is -2.31. The number of aromatic carboxylic acids is 1. The highest BCUT2D eigenvalue weighted by Crippen LogP contribution is 2.30. The third-order valence-electron chi connectivity index (χ3n) is 4.70. The standard InChI is InChI=1S/C21H18N4O3S2/c1-3-25-8-9-29-17(25)10-16(14-6-4-5-7-15(14)21(27)28)18-19(26)24(2)20(30-18)13(11-22)12-23/h4-7,10H,3,8-9H2,1-2H3,(H,27,28)/b17-10?,18-16-. The molecule has 30 heavy (non-hydrogen) atoms. The molecule has 1 aromatic carbocycles. The number of thiazole rings is 1. The molecular weight excluding hydrogens is 420 g/mol. The first-order valence-corrected chi connectivity index (χ1v) is 10.9. The summed E-state index contributed by atoms with van der Waals surface area (Å²) in [5, 5.41) is 29.1. The van der Waals surface area contributed by atoms with Crippen LogP contribution in [-0.4, -0.2) is 39.4 Å². The van der Waals surface area contributed by atoms with Crippen molar-refractivity contribution in [3.05, 3.63) is 66.0 Å². The van der Waals surface area contributed by atoms with Crippen molar-refractivity contribution in [2.75, 3.05) is 18.8 Å². The van der Waals surface area contributed by atoms with E-state index in [2.05, 4.69) is 4.90 Å². The van der Waals surface area contributed by atoms with Crippen LogP contribution in [0, 0.1) is 22.7 Å². The normalized spacial score (nSPS) is 15.6. The predicted octanol–water partition coefficient (Wildman–Crippen LogP) is 1.45. The van der Waals surface area contributed by atoms with Crippen molar-refractivity contribution < 1.29 is 9.90 Å². The van der Waals surface area contributed by atoms with Crippen LogP contribution in [0.1, 0.15) is 22.8 Å². The van der Waals surface area contributed by atoms with Gasteiger partial charge in [0.05, 0.1) is 10.6 Å². The van der Waals surface area contributed by atoms with Gasteiger partial charge in [-0.1, -0.05) is 18.2 Å². The summed E-state index contributed by atoms with van der Waals surface area (Å²) in [6.45, 7) is 3.70. The second-order valence-corrected chi connectivity index (χ2v) is 8.49. The number of carboxylic acids is 1. The van der Waals surface area contributed by atoms with Gasteiger partial charge in [-0.05, 0) is 24.6 Å². The molecular formula is C21H18N4O3S2. The van der Waals surface area contributed by atoms with E-state index in [4.69, 9.17) is 0 Å². The van der Waals surface area contributed by atoms with Crippen molar-refractivity contribution in [1.29, 1.82) is 10.5 Å². The van der Waals surface area contributed by atoms with Crippen molar-refractivity contribution in [2.45, 2.75) is 6.92 Å². The molecule has 3 rings (SSSR count). The second kappa shape index (κ2) is 9.04. The molecule has 1 saturated heterocycles.